The van der Waals surface area contributed by atoms with Gasteiger partial charge in [-0.2, -0.15) is 0 Å². The predicted octanol–water partition coefficient (Wildman–Crippen LogP) is 3.64. The molecule has 0 unspecified atom stereocenters. The van der Waals surface area contributed by atoms with Gasteiger partial charge in [0, 0.05) is 4.48 Å². The van der Waals surface area contributed by atoms with Gasteiger partial charge < -0.3 is 0 Å². The smallest absolute Gasteiger partial charge is 0.0161 e. The summed E-state index contributed by atoms with van der Waals surface area (Å²) < 4.78 is 1.26. The van der Waals surface area contributed by atoms with Crippen LogP contribution in [0.2, 0.25) is 0 Å². The van der Waals surface area contributed by atoms with Crippen LogP contribution in [0.3, 0.4) is 0 Å². The SMILES string of the molecule is CC1=CC(C)(C)CC=C1Br. The van der Waals surface area contributed by atoms with Crippen molar-refractivity contribution < 1.29 is 0 Å². The summed E-state index contributed by atoms with van der Waals surface area (Å²) in [5, 5.41) is 0. The molecule has 0 spiro atoms. The first-order valence-corrected chi connectivity index (χ1v) is 4.36. The lowest BCUT2D eigenvalue weighted by Crippen LogP contribution is -2.09. The highest BCUT2D eigenvalue weighted by Crippen LogP contribution is 2.34. The van der Waals surface area contributed by atoms with Crippen LogP contribution < -0.4 is 0 Å². The normalized spacial score (nSPS) is 23.6. The van der Waals surface area contributed by atoms with Crippen molar-refractivity contribution in [1.82, 2.24) is 0 Å². The first-order chi connectivity index (χ1) is 4.51. The first-order valence-electron chi connectivity index (χ1n) is 3.57. The lowest BCUT2D eigenvalue weighted by atomic mass is 9.84. The van der Waals surface area contributed by atoms with E-state index in [1.807, 2.05) is 0 Å². The van der Waals surface area contributed by atoms with Crippen LogP contribution in [0, 0.1) is 5.41 Å². The molecule has 0 fully saturated rings. The number of allylic oxidation sites excluding steroid dienone is 4. The van der Waals surface area contributed by atoms with Crippen LogP contribution in [-0.2, 0) is 0 Å². The zero-order chi connectivity index (χ0) is 7.78. The molecule has 0 radical (unpaired) electrons. The summed E-state index contributed by atoms with van der Waals surface area (Å²) >= 11 is 3.50. The number of hydrogen-bond acceptors (Lipinski definition) is 0. The second-order valence-electron chi connectivity index (χ2n) is 3.57. The van der Waals surface area contributed by atoms with Gasteiger partial charge in [-0.05, 0) is 24.3 Å². The van der Waals surface area contributed by atoms with Gasteiger partial charge in [-0.15, -0.1) is 0 Å². The molecule has 0 saturated heterocycles. The molecule has 0 nitrogen and oxygen atoms in total. The molecule has 0 amide bonds. The van der Waals surface area contributed by atoms with E-state index in [0.717, 1.165) is 6.42 Å². The fourth-order valence-electron chi connectivity index (χ4n) is 1.23. The van der Waals surface area contributed by atoms with Gasteiger partial charge in [-0.25, -0.2) is 0 Å². The molecule has 0 aromatic rings. The highest BCUT2D eigenvalue weighted by molar-refractivity contribution is 9.12. The average Bonchev–Trinajstić information content (AvgIpc) is 1.79. The summed E-state index contributed by atoms with van der Waals surface area (Å²) in [7, 11) is 0. The number of rotatable bonds is 0. The Morgan fingerprint density at radius 3 is 2.50 bits per heavy atom. The Morgan fingerprint density at radius 1 is 1.50 bits per heavy atom. The molecule has 56 valence electrons. The molecule has 0 aromatic heterocycles. The van der Waals surface area contributed by atoms with E-state index in [9.17, 15) is 0 Å². The van der Waals surface area contributed by atoms with Gasteiger partial charge in [0.15, 0.2) is 0 Å². The van der Waals surface area contributed by atoms with Crippen molar-refractivity contribution in [3.63, 3.8) is 0 Å². The van der Waals surface area contributed by atoms with Gasteiger partial charge in [0.1, 0.15) is 0 Å². The first kappa shape index (κ1) is 8.06. The molecule has 0 atom stereocenters. The predicted molar refractivity (Wildman–Crippen MR) is 49.2 cm³/mol. The summed E-state index contributed by atoms with van der Waals surface area (Å²) in [5.41, 5.74) is 1.72. The Morgan fingerprint density at radius 2 is 2.10 bits per heavy atom. The molecule has 0 aliphatic heterocycles. The van der Waals surface area contributed by atoms with E-state index in [0.29, 0.717) is 5.41 Å². The summed E-state index contributed by atoms with van der Waals surface area (Å²) in [6.45, 7) is 6.65. The van der Waals surface area contributed by atoms with E-state index in [1.165, 1.54) is 10.1 Å². The van der Waals surface area contributed by atoms with E-state index >= 15 is 0 Å². The summed E-state index contributed by atoms with van der Waals surface area (Å²) in [6, 6.07) is 0. The highest BCUT2D eigenvalue weighted by Gasteiger charge is 2.17. The molecule has 1 aliphatic rings. The van der Waals surface area contributed by atoms with E-state index in [4.69, 9.17) is 0 Å². The second-order valence-corrected chi connectivity index (χ2v) is 4.43. The molecule has 1 heteroatoms. The molecular formula is C9H13Br. The van der Waals surface area contributed by atoms with Crippen LogP contribution in [0.25, 0.3) is 0 Å². The van der Waals surface area contributed by atoms with Crippen molar-refractivity contribution in [1.29, 1.82) is 0 Å². The Kier molecular flexibility index (Phi) is 2.04. The molecular weight excluding hydrogens is 188 g/mol. The van der Waals surface area contributed by atoms with E-state index < -0.39 is 0 Å². The zero-order valence-corrected chi connectivity index (χ0v) is 8.33. The molecule has 1 aliphatic carbocycles. The van der Waals surface area contributed by atoms with Crippen LogP contribution in [0.5, 0.6) is 0 Å². The van der Waals surface area contributed by atoms with Crippen molar-refractivity contribution >= 4 is 15.9 Å². The fourth-order valence-corrected chi connectivity index (χ4v) is 1.50. The van der Waals surface area contributed by atoms with Crippen molar-refractivity contribution in [2.45, 2.75) is 27.2 Å². The molecule has 1 rings (SSSR count). The third kappa shape index (κ3) is 1.72. The quantitative estimate of drug-likeness (QED) is 0.561. The largest absolute Gasteiger partial charge is 0.0745 e. The third-order valence-electron chi connectivity index (χ3n) is 1.79. The summed E-state index contributed by atoms with van der Waals surface area (Å²) in [4.78, 5) is 0. The molecule has 0 aromatic carbocycles. The van der Waals surface area contributed by atoms with Crippen LogP contribution in [0.4, 0.5) is 0 Å². The van der Waals surface area contributed by atoms with E-state index in [2.05, 4.69) is 48.9 Å². The van der Waals surface area contributed by atoms with Gasteiger partial charge in [0.2, 0.25) is 0 Å². The van der Waals surface area contributed by atoms with Crippen LogP contribution in [0.1, 0.15) is 27.2 Å². The van der Waals surface area contributed by atoms with Gasteiger partial charge >= 0.3 is 0 Å². The van der Waals surface area contributed by atoms with Gasteiger partial charge in [0.05, 0.1) is 0 Å². The summed E-state index contributed by atoms with van der Waals surface area (Å²) in [6.07, 6.45) is 5.71. The topological polar surface area (TPSA) is 0 Å². The third-order valence-corrected chi connectivity index (χ3v) is 2.74. The maximum atomic E-state index is 3.50. The number of halogens is 1. The maximum Gasteiger partial charge on any atom is 0.0161 e. The maximum absolute atomic E-state index is 3.50. The van der Waals surface area contributed by atoms with Crippen LogP contribution >= 0.6 is 15.9 Å². The van der Waals surface area contributed by atoms with Crippen molar-refractivity contribution in [2.75, 3.05) is 0 Å². The molecule has 0 heterocycles. The zero-order valence-electron chi connectivity index (χ0n) is 6.74. The average molecular weight is 201 g/mol. The van der Waals surface area contributed by atoms with Crippen molar-refractivity contribution in [3.05, 3.63) is 22.2 Å². The minimum absolute atomic E-state index is 0.362. The minimum atomic E-state index is 0.362. The van der Waals surface area contributed by atoms with Gasteiger partial charge in [-0.1, -0.05) is 41.9 Å². The Labute approximate surface area is 71.1 Å². The van der Waals surface area contributed by atoms with Crippen LogP contribution in [0.15, 0.2) is 22.2 Å². The fraction of sp³-hybridized carbons (Fsp3) is 0.556. The highest BCUT2D eigenvalue weighted by atomic mass is 79.9. The van der Waals surface area contributed by atoms with E-state index in [1.54, 1.807) is 0 Å². The lowest BCUT2D eigenvalue weighted by molar-refractivity contribution is 0.480. The lowest BCUT2D eigenvalue weighted by Gasteiger charge is -2.23. The Hall–Kier alpha value is -0.0400. The Bertz CT molecular complexity index is 197. The molecule has 0 saturated carbocycles. The standard InChI is InChI=1S/C9H13Br/c1-7-6-9(2,3)5-4-8(7)10/h4,6H,5H2,1-3H3. The Balaban J connectivity index is 2.87. The number of hydrogen-bond donors (Lipinski definition) is 0. The van der Waals surface area contributed by atoms with E-state index in [-0.39, 0.29) is 0 Å². The van der Waals surface area contributed by atoms with Gasteiger partial charge in [0.25, 0.3) is 0 Å². The molecule has 0 N–H and O–H groups in total. The van der Waals surface area contributed by atoms with Crippen molar-refractivity contribution in [3.8, 4) is 0 Å². The summed E-state index contributed by atoms with van der Waals surface area (Å²) in [5.74, 6) is 0. The molecule has 0 bridgehead atoms. The second kappa shape index (κ2) is 2.54. The van der Waals surface area contributed by atoms with Crippen molar-refractivity contribution in [2.24, 2.45) is 5.41 Å². The minimum Gasteiger partial charge on any atom is -0.0745 e. The van der Waals surface area contributed by atoms with Gasteiger partial charge in [-0.3, -0.25) is 0 Å². The van der Waals surface area contributed by atoms with Crippen LogP contribution in [-0.4, -0.2) is 0 Å². The molecule has 10 heavy (non-hydrogen) atoms. The monoisotopic (exact) mass is 200 g/mol.